The molecule has 0 radical (unpaired) electrons. The van der Waals surface area contributed by atoms with Gasteiger partial charge in [-0.25, -0.2) is 0 Å². The number of ether oxygens (including phenoxy) is 2. The first kappa shape index (κ1) is 9.97. The second-order valence-electron chi connectivity index (χ2n) is 4.33. The Balaban J connectivity index is 1.93. The van der Waals surface area contributed by atoms with Crippen molar-refractivity contribution < 1.29 is 14.3 Å². The SMILES string of the molecule is COC(=O)C[C@@H]1CCC[C@@H]2OCC[C@H]12. The molecule has 1 saturated heterocycles. The van der Waals surface area contributed by atoms with Crippen LogP contribution in [0.2, 0.25) is 0 Å². The number of hydrogen-bond donors (Lipinski definition) is 0. The highest BCUT2D eigenvalue weighted by molar-refractivity contribution is 5.69. The van der Waals surface area contributed by atoms with Crippen LogP contribution in [0.4, 0.5) is 0 Å². The number of rotatable bonds is 2. The summed E-state index contributed by atoms with van der Waals surface area (Å²) in [5, 5.41) is 0. The molecule has 3 atom stereocenters. The van der Waals surface area contributed by atoms with Gasteiger partial charge in [0.25, 0.3) is 0 Å². The number of carbonyl (C=O) groups is 1. The molecule has 0 amide bonds. The summed E-state index contributed by atoms with van der Waals surface area (Å²) in [6.45, 7) is 0.882. The number of methoxy groups -OCH3 is 1. The molecule has 0 N–H and O–H groups in total. The molecule has 0 unspecified atom stereocenters. The first-order valence-electron chi connectivity index (χ1n) is 5.49. The average molecular weight is 198 g/mol. The van der Waals surface area contributed by atoms with Crippen LogP contribution in [0, 0.1) is 11.8 Å². The van der Waals surface area contributed by atoms with E-state index < -0.39 is 0 Å². The van der Waals surface area contributed by atoms with Gasteiger partial charge in [-0.2, -0.15) is 0 Å². The molecule has 0 bridgehead atoms. The Bertz CT molecular complexity index is 215. The Labute approximate surface area is 84.8 Å². The number of fused-ring (bicyclic) bond motifs is 1. The van der Waals surface area contributed by atoms with Crippen LogP contribution in [0.5, 0.6) is 0 Å². The fraction of sp³-hybridized carbons (Fsp3) is 0.909. The predicted octanol–water partition coefficient (Wildman–Crippen LogP) is 1.75. The molecule has 1 heterocycles. The van der Waals surface area contributed by atoms with Crippen LogP contribution in [-0.2, 0) is 14.3 Å². The molecule has 0 aromatic carbocycles. The first-order chi connectivity index (χ1) is 6.81. The van der Waals surface area contributed by atoms with Gasteiger partial charge < -0.3 is 9.47 Å². The molecule has 2 rings (SSSR count). The van der Waals surface area contributed by atoms with Gasteiger partial charge in [0.15, 0.2) is 0 Å². The van der Waals surface area contributed by atoms with E-state index in [1.807, 2.05) is 0 Å². The quantitative estimate of drug-likeness (QED) is 0.634. The summed E-state index contributed by atoms with van der Waals surface area (Å²) in [6, 6.07) is 0. The largest absolute Gasteiger partial charge is 0.469 e. The van der Waals surface area contributed by atoms with Gasteiger partial charge >= 0.3 is 5.97 Å². The molecule has 3 heteroatoms. The molecule has 0 aromatic rings. The molecule has 80 valence electrons. The zero-order valence-electron chi connectivity index (χ0n) is 8.70. The highest BCUT2D eigenvalue weighted by Crippen LogP contribution is 2.40. The molecular formula is C11H18O3. The minimum absolute atomic E-state index is 0.0671. The summed E-state index contributed by atoms with van der Waals surface area (Å²) in [7, 11) is 1.47. The lowest BCUT2D eigenvalue weighted by atomic mass is 9.75. The molecular weight excluding hydrogens is 180 g/mol. The maximum absolute atomic E-state index is 11.2. The third-order valence-electron chi connectivity index (χ3n) is 3.59. The van der Waals surface area contributed by atoms with Crippen molar-refractivity contribution in [2.24, 2.45) is 11.8 Å². The van der Waals surface area contributed by atoms with E-state index in [1.54, 1.807) is 0 Å². The lowest BCUT2D eigenvalue weighted by Gasteiger charge is -2.31. The zero-order chi connectivity index (χ0) is 9.97. The van der Waals surface area contributed by atoms with Crippen LogP contribution in [0.15, 0.2) is 0 Å². The van der Waals surface area contributed by atoms with E-state index in [1.165, 1.54) is 26.4 Å². The van der Waals surface area contributed by atoms with Gasteiger partial charge in [-0.1, -0.05) is 6.42 Å². The summed E-state index contributed by atoms with van der Waals surface area (Å²) in [4.78, 5) is 11.2. The van der Waals surface area contributed by atoms with Gasteiger partial charge in [0.05, 0.1) is 13.2 Å². The Morgan fingerprint density at radius 2 is 2.29 bits per heavy atom. The van der Waals surface area contributed by atoms with E-state index in [0.29, 0.717) is 24.4 Å². The lowest BCUT2D eigenvalue weighted by Crippen LogP contribution is -2.30. The average Bonchev–Trinajstić information content (AvgIpc) is 2.66. The molecule has 0 spiro atoms. The molecule has 1 aliphatic carbocycles. The van der Waals surface area contributed by atoms with Crippen LogP contribution in [0.1, 0.15) is 32.1 Å². The van der Waals surface area contributed by atoms with Crippen molar-refractivity contribution in [2.45, 2.75) is 38.2 Å². The fourth-order valence-corrected chi connectivity index (χ4v) is 2.85. The van der Waals surface area contributed by atoms with E-state index in [4.69, 9.17) is 9.47 Å². The molecule has 14 heavy (non-hydrogen) atoms. The van der Waals surface area contributed by atoms with Crippen molar-refractivity contribution in [3.63, 3.8) is 0 Å². The highest BCUT2D eigenvalue weighted by atomic mass is 16.5. The van der Waals surface area contributed by atoms with E-state index in [2.05, 4.69) is 0 Å². The summed E-state index contributed by atoms with van der Waals surface area (Å²) in [5.74, 6) is 1.05. The Hall–Kier alpha value is -0.570. The maximum atomic E-state index is 11.2. The fourth-order valence-electron chi connectivity index (χ4n) is 2.85. The second kappa shape index (κ2) is 4.30. The predicted molar refractivity (Wildman–Crippen MR) is 51.8 cm³/mol. The summed E-state index contributed by atoms with van der Waals surface area (Å²) in [6.07, 6.45) is 5.69. The minimum atomic E-state index is -0.0671. The van der Waals surface area contributed by atoms with Crippen molar-refractivity contribution in [1.82, 2.24) is 0 Å². The van der Waals surface area contributed by atoms with Gasteiger partial charge in [-0.3, -0.25) is 4.79 Å². The Morgan fingerprint density at radius 1 is 1.43 bits per heavy atom. The van der Waals surface area contributed by atoms with Crippen LogP contribution in [0.25, 0.3) is 0 Å². The van der Waals surface area contributed by atoms with Gasteiger partial charge in [0.1, 0.15) is 0 Å². The van der Waals surface area contributed by atoms with Gasteiger partial charge in [0.2, 0.25) is 0 Å². The van der Waals surface area contributed by atoms with Crippen molar-refractivity contribution in [2.75, 3.05) is 13.7 Å². The molecule has 0 aromatic heterocycles. The van der Waals surface area contributed by atoms with Gasteiger partial charge in [-0.05, 0) is 31.1 Å². The van der Waals surface area contributed by atoms with Crippen LogP contribution >= 0.6 is 0 Å². The van der Waals surface area contributed by atoms with Crippen LogP contribution in [-0.4, -0.2) is 25.8 Å². The Morgan fingerprint density at radius 3 is 3.07 bits per heavy atom. The zero-order valence-corrected chi connectivity index (χ0v) is 8.70. The highest BCUT2D eigenvalue weighted by Gasteiger charge is 2.38. The van der Waals surface area contributed by atoms with E-state index in [-0.39, 0.29) is 5.97 Å². The molecule has 1 saturated carbocycles. The minimum Gasteiger partial charge on any atom is -0.469 e. The summed E-state index contributed by atoms with van der Waals surface area (Å²) < 4.78 is 10.4. The third-order valence-corrected chi connectivity index (χ3v) is 3.59. The first-order valence-corrected chi connectivity index (χ1v) is 5.49. The van der Waals surface area contributed by atoms with Gasteiger partial charge in [-0.15, -0.1) is 0 Å². The normalized spacial score (nSPS) is 36.5. The smallest absolute Gasteiger partial charge is 0.305 e. The van der Waals surface area contributed by atoms with Crippen molar-refractivity contribution in [3.8, 4) is 0 Å². The summed E-state index contributed by atoms with van der Waals surface area (Å²) in [5.41, 5.74) is 0. The number of esters is 1. The van der Waals surface area contributed by atoms with Gasteiger partial charge in [0, 0.05) is 13.0 Å². The van der Waals surface area contributed by atoms with E-state index in [0.717, 1.165) is 13.0 Å². The molecule has 2 fully saturated rings. The summed E-state index contributed by atoms with van der Waals surface area (Å²) >= 11 is 0. The van der Waals surface area contributed by atoms with Crippen LogP contribution < -0.4 is 0 Å². The lowest BCUT2D eigenvalue weighted by molar-refractivity contribution is -0.142. The third kappa shape index (κ3) is 1.92. The van der Waals surface area contributed by atoms with Crippen molar-refractivity contribution in [3.05, 3.63) is 0 Å². The van der Waals surface area contributed by atoms with Crippen molar-refractivity contribution >= 4 is 5.97 Å². The monoisotopic (exact) mass is 198 g/mol. The maximum Gasteiger partial charge on any atom is 0.305 e. The van der Waals surface area contributed by atoms with E-state index >= 15 is 0 Å². The Kier molecular flexibility index (Phi) is 3.06. The molecule has 1 aliphatic heterocycles. The number of hydrogen-bond acceptors (Lipinski definition) is 3. The van der Waals surface area contributed by atoms with Crippen molar-refractivity contribution in [1.29, 1.82) is 0 Å². The standard InChI is InChI=1S/C11H18O3/c1-13-11(12)7-8-3-2-4-10-9(8)5-6-14-10/h8-10H,2-7H2,1H3/t8-,9+,10-/m0/s1. The topological polar surface area (TPSA) is 35.5 Å². The van der Waals surface area contributed by atoms with Crippen LogP contribution in [0.3, 0.4) is 0 Å². The number of carbonyl (C=O) groups excluding carboxylic acids is 1. The molecule has 2 aliphatic rings. The second-order valence-corrected chi connectivity index (χ2v) is 4.33. The molecule has 3 nitrogen and oxygen atoms in total. The van der Waals surface area contributed by atoms with E-state index in [9.17, 15) is 4.79 Å².